The zero-order chi connectivity index (χ0) is 68.9. The molecule has 0 heterocycles. The molecule has 0 saturated carbocycles. The minimum absolute atomic E-state index is 1.24. The molecule has 0 spiro atoms. The molecule has 0 aromatic heterocycles. The maximum absolute atomic E-state index is 2.33. The summed E-state index contributed by atoms with van der Waals surface area (Å²) < 4.78 is 0. The van der Waals surface area contributed by atoms with E-state index in [-0.39, 0.29) is 0 Å². The average Bonchev–Trinajstić information content (AvgIpc) is 0.745. The molecule has 0 bridgehead atoms. The molecule has 484 valence electrons. The van der Waals surface area contributed by atoms with Gasteiger partial charge in [0.15, 0.2) is 0 Å². The molecule has 0 amide bonds. The van der Waals surface area contributed by atoms with Gasteiger partial charge < -0.3 is 0 Å². The van der Waals surface area contributed by atoms with Crippen LogP contribution in [0, 0.1) is 0 Å². The van der Waals surface area contributed by atoms with E-state index in [9.17, 15) is 0 Å². The molecule has 21 aromatic rings. The summed E-state index contributed by atoms with van der Waals surface area (Å²) in [5, 5.41) is 28.2. The fourth-order valence-electron chi connectivity index (χ4n) is 16.4. The highest BCUT2D eigenvalue weighted by atomic mass is 14.2. The Kier molecular flexibility index (Phi) is 15.7. The second-order valence-electron chi connectivity index (χ2n) is 27.3. The summed E-state index contributed by atoms with van der Waals surface area (Å²) in [7, 11) is 0. The maximum Gasteiger partial charge on any atom is -0.00262 e. The van der Waals surface area contributed by atoms with Crippen LogP contribution in [0.2, 0.25) is 0 Å². The molecule has 0 aliphatic rings. The summed E-state index contributed by atoms with van der Waals surface area (Å²) >= 11 is 0. The minimum Gasteiger partial charge on any atom is -0.0622 e. The Morgan fingerprint density at radius 2 is 0.231 bits per heavy atom. The molecule has 0 atom stereocenters. The Balaban J connectivity index is 0.000000107. The Hall–Kier alpha value is -13.5. The van der Waals surface area contributed by atoms with E-state index in [1.165, 1.54) is 196 Å². The van der Waals surface area contributed by atoms with Crippen molar-refractivity contribution in [1.82, 2.24) is 0 Å². The summed E-state index contributed by atoms with van der Waals surface area (Å²) in [5.74, 6) is 0. The van der Waals surface area contributed by atoms with Crippen LogP contribution in [0.4, 0.5) is 0 Å². The van der Waals surface area contributed by atoms with Gasteiger partial charge in [0.05, 0.1) is 0 Å². The first-order valence-electron chi connectivity index (χ1n) is 36.0. The van der Waals surface area contributed by atoms with Crippen LogP contribution in [-0.2, 0) is 0 Å². The van der Waals surface area contributed by atoms with Crippen molar-refractivity contribution in [1.29, 1.82) is 0 Å². The van der Waals surface area contributed by atoms with Crippen molar-refractivity contribution < 1.29 is 0 Å². The van der Waals surface area contributed by atoms with E-state index in [4.69, 9.17) is 0 Å². The van der Waals surface area contributed by atoms with E-state index < -0.39 is 0 Å². The smallest absolute Gasteiger partial charge is 0.00262 e. The molecule has 0 unspecified atom stereocenters. The van der Waals surface area contributed by atoms with Crippen molar-refractivity contribution in [2.24, 2.45) is 0 Å². The van der Waals surface area contributed by atoms with Crippen LogP contribution >= 0.6 is 0 Å². The van der Waals surface area contributed by atoms with Crippen molar-refractivity contribution in [2.45, 2.75) is 0 Å². The predicted octanol–water partition coefficient (Wildman–Crippen LogP) is 29.4. The number of rotatable bonds is 7. The number of benzene rings is 21. The maximum atomic E-state index is 2.33. The minimum atomic E-state index is 1.24. The molecule has 0 heteroatoms. The second kappa shape index (κ2) is 26.5. The summed E-state index contributed by atoms with van der Waals surface area (Å²) in [5.41, 5.74) is 17.8. The zero-order valence-corrected chi connectivity index (χ0v) is 57.3. The van der Waals surface area contributed by atoms with Gasteiger partial charge in [-0.25, -0.2) is 0 Å². The lowest BCUT2D eigenvalue weighted by Gasteiger charge is -2.18. The lowest BCUT2D eigenvalue weighted by atomic mass is 9.85. The van der Waals surface area contributed by atoms with Gasteiger partial charge in [-0.05, 0) is 227 Å². The number of hydrogen-bond acceptors (Lipinski definition) is 0. The third-order valence-corrected chi connectivity index (χ3v) is 21.3. The van der Waals surface area contributed by atoms with E-state index in [0.717, 1.165) is 0 Å². The molecule has 0 fully saturated rings. The van der Waals surface area contributed by atoms with Crippen molar-refractivity contribution >= 4 is 118 Å². The van der Waals surface area contributed by atoms with Crippen molar-refractivity contribution in [3.8, 4) is 77.9 Å². The summed E-state index contributed by atoms with van der Waals surface area (Å²) in [6, 6.07) is 150. The molecule has 0 aliphatic heterocycles. The highest BCUT2D eigenvalue weighted by Gasteiger charge is 2.21. The largest absolute Gasteiger partial charge is 0.0622 e. The predicted molar refractivity (Wildman–Crippen MR) is 450 cm³/mol. The zero-order valence-electron chi connectivity index (χ0n) is 57.3. The van der Waals surface area contributed by atoms with Gasteiger partial charge in [0.1, 0.15) is 0 Å². The third-order valence-electron chi connectivity index (χ3n) is 21.3. The van der Waals surface area contributed by atoms with Gasteiger partial charge in [-0.15, -0.1) is 0 Å². The van der Waals surface area contributed by atoms with Crippen molar-refractivity contribution in [3.63, 3.8) is 0 Å². The second-order valence-corrected chi connectivity index (χ2v) is 27.3. The van der Waals surface area contributed by atoms with Crippen molar-refractivity contribution in [3.05, 3.63) is 413 Å². The standard InChI is InChI=1S/C36H24.2C34H22/c1-2-10-25(11-3-1)27-18-21-28(22-19-27)35-31-14-6-8-16-33(31)36(34-17-9-7-15-32(34)35)30-23-20-26-12-4-5-13-29(26)24-30;2*1-3-11-25-21-27(19-17-23(25)9-1)33-29-13-5-7-15-31(29)34(32-16-8-6-14-30(32)33)28-20-18-24-10-2-4-12-26(24)22-28/h1-24H;2*1-22H. The van der Waals surface area contributed by atoms with Crippen LogP contribution in [0.15, 0.2) is 413 Å². The van der Waals surface area contributed by atoms with E-state index in [0.29, 0.717) is 0 Å². The fraction of sp³-hybridized carbons (Fsp3) is 0. The van der Waals surface area contributed by atoms with Gasteiger partial charge in [-0.2, -0.15) is 0 Å². The quantitative estimate of drug-likeness (QED) is 0.140. The SMILES string of the molecule is c1ccc(-c2ccc(-c3c4ccccc4c(-c4ccc5ccccc5c4)c4ccccc34)cc2)cc1.c1ccc2cc(-c3c4ccccc4c(-c4ccc5ccccc5c4)c4ccccc34)ccc2c1.c1ccc2cc(-c3c4ccccc4c(-c4ccc5ccccc5c4)c4ccccc34)ccc2c1. The van der Waals surface area contributed by atoms with Crippen LogP contribution in [0.25, 0.3) is 196 Å². The first-order chi connectivity index (χ1) is 51.6. The highest BCUT2D eigenvalue weighted by Crippen LogP contribution is 2.49. The van der Waals surface area contributed by atoms with Gasteiger partial charge >= 0.3 is 0 Å². The van der Waals surface area contributed by atoms with Gasteiger partial charge in [-0.3, -0.25) is 0 Å². The first kappa shape index (κ1) is 61.6. The molecule has 0 nitrogen and oxygen atoms in total. The molecule has 0 radical (unpaired) electrons. The van der Waals surface area contributed by atoms with Crippen LogP contribution in [-0.4, -0.2) is 0 Å². The molecular formula is C104H68. The normalized spacial score (nSPS) is 11.5. The molecule has 0 saturated heterocycles. The van der Waals surface area contributed by atoms with E-state index >= 15 is 0 Å². The Morgan fingerprint density at radius 3 is 0.442 bits per heavy atom. The van der Waals surface area contributed by atoms with Crippen LogP contribution in [0.5, 0.6) is 0 Å². The molecule has 0 aliphatic carbocycles. The van der Waals surface area contributed by atoms with E-state index in [1.54, 1.807) is 0 Å². The number of hydrogen-bond donors (Lipinski definition) is 0. The molecular weight excluding hydrogens is 1250 g/mol. The highest BCUT2D eigenvalue weighted by molar-refractivity contribution is 6.25. The van der Waals surface area contributed by atoms with Crippen LogP contribution in [0.1, 0.15) is 0 Å². The molecule has 104 heavy (non-hydrogen) atoms. The van der Waals surface area contributed by atoms with Crippen LogP contribution in [0.3, 0.4) is 0 Å². The van der Waals surface area contributed by atoms with Gasteiger partial charge in [0, 0.05) is 0 Å². The first-order valence-corrected chi connectivity index (χ1v) is 36.0. The lowest BCUT2D eigenvalue weighted by Crippen LogP contribution is -1.91. The van der Waals surface area contributed by atoms with E-state index in [1.807, 2.05) is 0 Å². The molecule has 21 aromatic carbocycles. The molecule has 21 rings (SSSR count). The van der Waals surface area contributed by atoms with E-state index in [2.05, 4.69) is 413 Å². The van der Waals surface area contributed by atoms with Gasteiger partial charge in [-0.1, -0.05) is 382 Å². The molecule has 0 N–H and O–H groups in total. The fourth-order valence-corrected chi connectivity index (χ4v) is 16.4. The Bertz CT molecular complexity index is 6170. The van der Waals surface area contributed by atoms with Gasteiger partial charge in [0.2, 0.25) is 0 Å². The Morgan fingerprint density at radius 1 is 0.0865 bits per heavy atom. The monoisotopic (exact) mass is 1320 g/mol. The summed E-state index contributed by atoms with van der Waals surface area (Å²) in [4.78, 5) is 0. The Labute approximate surface area is 604 Å². The topological polar surface area (TPSA) is 0 Å². The van der Waals surface area contributed by atoms with Gasteiger partial charge in [0.25, 0.3) is 0 Å². The number of fused-ring (bicyclic) bond motifs is 11. The average molecular weight is 1320 g/mol. The van der Waals surface area contributed by atoms with Crippen LogP contribution < -0.4 is 0 Å². The van der Waals surface area contributed by atoms with Crippen molar-refractivity contribution in [2.75, 3.05) is 0 Å². The summed E-state index contributed by atoms with van der Waals surface area (Å²) in [6.07, 6.45) is 0. The summed E-state index contributed by atoms with van der Waals surface area (Å²) in [6.45, 7) is 0. The third kappa shape index (κ3) is 11.1. The lowest BCUT2D eigenvalue weighted by molar-refractivity contribution is 1.61.